The predicted octanol–water partition coefficient (Wildman–Crippen LogP) is 4.02. The molecule has 7 heteroatoms. The van der Waals surface area contributed by atoms with E-state index in [1.807, 2.05) is 41.1 Å². The van der Waals surface area contributed by atoms with E-state index in [1.165, 1.54) is 12.1 Å². The van der Waals surface area contributed by atoms with Gasteiger partial charge in [0, 0.05) is 44.0 Å². The van der Waals surface area contributed by atoms with E-state index >= 15 is 0 Å². The van der Waals surface area contributed by atoms with Crippen LogP contribution in [0.3, 0.4) is 0 Å². The Kier molecular flexibility index (Phi) is 5.87. The quantitative estimate of drug-likeness (QED) is 0.471. The summed E-state index contributed by atoms with van der Waals surface area (Å²) in [6.45, 7) is 1.41. The van der Waals surface area contributed by atoms with E-state index in [2.05, 4.69) is 21.3 Å². The monoisotopic (exact) mass is 410 g/mol. The van der Waals surface area contributed by atoms with Crippen molar-refractivity contribution < 1.29 is 9.13 Å². The standard InChI is InChI=1S/C22H23FN4OS/c1-28-14-6-13-27-21(20(25-22(27)29)18-9-2-3-11-24-18)19-10-5-12-26(19)17-8-4-7-16(23)15-17/h2-5,7-12,15,20-21H,6,13-14H2,1H3,(H,25,29)/t20-,21-/m0/s1. The van der Waals surface area contributed by atoms with Gasteiger partial charge in [-0.15, -0.1) is 0 Å². The lowest BCUT2D eigenvalue weighted by atomic mass is 10.0. The van der Waals surface area contributed by atoms with Crippen molar-refractivity contribution in [2.24, 2.45) is 0 Å². The third-order valence-electron chi connectivity index (χ3n) is 5.11. The molecule has 5 nitrogen and oxygen atoms in total. The predicted molar refractivity (Wildman–Crippen MR) is 114 cm³/mol. The van der Waals surface area contributed by atoms with E-state index in [0.717, 1.165) is 30.0 Å². The molecule has 3 aromatic rings. The molecular weight excluding hydrogens is 387 g/mol. The number of methoxy groups -OCH3 is 1. The van der Waals surface area contributed by atoms with E-state index in [1.54, 1.807) is 19.4 Å². The summed E-state index contributed by atoms with van der Waals surface area (Å²) in [6, 6.07) is 16.3. The van der Waals surface area contributed by atoms with Gasteiger partial charge in [0.2, 0.25) is 0 Å². The van der Waals surface area contributed by atoms with Gasteiger partial charge in [-0.3, -0.25) is 4.98 Å². The molecule has 0 amide bonds. The first-order chi connectivity index (χ1) is 14.2. The number of nitrogens with one attached hydrogen (secondary N) is 1. The number of ether oxygens (including phenoxy) is 1. The second kappa shape index (κ2) is 8.71. The highest BCUT2D eigenvalue weighted by molar-refractivity contribution is 7.80. The van der Waals surface area contributed by atoms with E-state index in [-0.39, 0.29) is 17.9 Å². The lowest BCUT2D eigenvalue weighted by molar-refractivity contribution is 0.180. The molecule has 0 unspecified atom stereocenters. The van der Waals surface area contributed by atoms with Crippen LogP contribution < -0.4 is 5.32 Å². The largest absolute Gasteiger partial charge is 0.385 e. The van der Waals surface area contributed by atoms with Crippen LogP contribution in [0.2, 0.25) is 0 Å². The zero-order valence-corrected chi connectivity index (χ0v) is 17.0. The molecule has 1 aliphatic heterocycles. The van der Waals surface area contributed by atoms with Crippen molar-refractivity contribution in [3.05, 3.63) is 84.2 Å². The molecule has 0 bridgehead atoms. The van der Waals surface area contributed by atoms with Crippen LogP contribution in [-0.2, 0) is 4.74 Å². The number of halogens is 1. The third kappa shape index (κ3) is 4.02. The number of pyridine rings is 1. The molecule has 1 saturated heterocycles. The van der Waals surface area contributed by atoms with Gasteiger partial charge in [-0.1, -0.05) is 12.1 Å². The lowest BCUT2D eigenvalue weighted by Gasteiger charge is -2.29. The van der Waals surface area contributed by atoms with Crippen LogP contribution in [0.5, 0.6) is 0 Å². The van der Waals surface area contributed by atoms with Gasteiger partial charge in [-0.25, -0.2) is 4.39 Å². The number of aromatic nitrogens is 2. The summed E-state index contributed by atoms with van der Waals surface area (Å²) in [5.41, 5.74) is 2.72. The van der Waals surface area contributed by atoms with E-state index in [0.29, 0.717) is 11.7 Å². The van der Waals surface area contributed by atoms with Gasteiger partial charge in [0.25, 0.3) is 0 Å². The maximum atomic E-state index is 13.9. The molecule has 1 aromatic carbocycles. The van der Waals surface area contributed by atoms with Crippen molar-refractivity contribution in [2.45, 2.75) is 18.5 Å². The van der Waals surface area contributed by atoms with Crippen LogP contribution in [-0.4, -0.2) is 39.8 Å². The molecule has 0 saturated carbocycles. The van der Waals surface area contributed by atoms with Gasteiger partial charge in [0.1, 0.15) is 5.82 Å². The molecule has 1 N–H and O–H groups in total. The van der Waals surface area contributed by atoms with E-state index in [4.69, 9.17) is 17.0 Å². The maximum absolute atomic E-state index is 13.9. The third-order valence-corrected chi connectivity index (χ3v) is 5.47. The van der Waals surface area contributed by atoms with Crippen molar-refractivity contribution in [1.82, 2.24) is 19.8 Å². The fourth-order valence-corrected chi connectivity index (χ4v) is 4.18. The summed E-state index contributed by atoms with van der Waals surface area (Å²) in [7, 11) is 1.70. The number of hydrogen-bond donors (Lipinski definition) is 1. The van der Waals surface area contributed by atoms with Gasteiger partial charge in [0.05, 0.1) is 17.8 Å². The fraction of sp³-hybridized carbons (Fsp3) is 0.273. The van der Waals surface area contributed by atoms with Crippen molar-refractivity contribution in [2.75, 3.05) is 20.3 Å². The Bertz CT molecular complexity index is 978. The lowest BCUT2D eigenvalue weighted by Crippen LogP contribution is -2.32. The molecule has 1 aliphatic rings. The summed E-state index contributed by atoms with van der Waals surface area (Å²) in [4.78, 5) is 6.74. The Morgan fingerprint density at radius 2 is 2.07 bits per heavy atom. The summed E-state index contributed by atoms with van der Waals surface area (Å²) in [5, 5.41) is 4.13. The summed E-state index contributed by atoms with van der Waals surface area (Å²) < 4.78 is 21.1. The van der Waals surface area contributed by atoms with Crippen LogP contribution in [0.4, 0.5) is 4.39 Å². The molecule has 1 fully saturated rings. The minimum Gasteiger partial charge on any atom is -0.385 e. The summed E-state index contributed by atoms with van der Waals surface area (Å²) >= 11 is 5.68. The molecule has 3 heterocycles. The average Bonchev–Trinajstić information content (AvgIpc) is 3.33. The Hall–Kier alpha value is -2.77. The number of benzene rings is 1. The highest BCUT2D eigenvalue weighted by atomic mass is 32.1. The molecule has 0 spiro atoms. The Morgan fingerprint density at radius 3 is 2.83 bits per heavy atom. The molecule has 0 aliphatic carbocycles. The van der Waals surface area contributed by atoms with Crippen LogP contribution in [0.25, 0.3) is 5.69 Å². The minimum absolute atomic E-state index is 0.0764. The number of thiocarbonyl (C=S) groups is 1. The Morgan fingerprint density at radius 1 is 1.17 bits per heavy atom. The molecule has 2 atom stereocenters. The van der Waals surface area contributed by atoms with Crippen molar-refractivity contribution >= 4 is 17.3 Å². The number of hydrogen-bond acceptors (Lipinski definition) is 3. The molecular formula is C22H23FN4OS. The smallest absolute Gasteiger partial charge is 0.170 e. The second-order valence-corrected chi connectivity index (χ2v) is 7.34. The van der Waals surface area contributed by atoms with E-state index < -0.39 is 0 Å². The highest BCUT2D eigenvalue weighted by Crippen LogP contribution is 2.39. The Balaban J connectivity index is 1.76. The molecule has 0 radical (unpaired) electrons. The summed E-state index contributed by atoms with van der Waals surface area (Å²) in [6.07, 6.45) is 4.59. The van der Waals surface area contributed by atoms with Crippen molar-refractivity contribution in [1.29, 1.82) is 0 Å². The van der Waals surface area contributed by atoms with Crippen molar-refractivity contribution in [3.8, 4) is 5.69 Å². The first-order valence-electron chi connectivity index (χ1n) is 9.59. The molecule has 150 valence electrons. The second-order valence-electron chi connectivity index (χ2n) is 6.95. The average molecular weight is 411 g/mol. The van der Waals surface area contributed by atoms with Crippen LogP contribution in [0.15, 0.2) is 67.0 Å². The SMILES string of the molecule is COCCCN1C(=S)N[C@@H](c2ccccn2)[C@@H]1c1cccn1-c1cccc(F)c1. The van der Waals surface area contributed by atoms with Crippen LogP contribution in [0.1, 0.15) is 29.9 Å². The normalized spacial score (nSPS) is 18.8. The van der Waals surface area contributed by atoms with E-state index in [9.17, 15) is 4.39 Å². The van der Waals surface area contributed by atoms with Gasteiger partial charge in [-0.2, -0.15) is 0 Å². The van der Waals surface area contributed by atoms with Crippen molar-refractivity contribution in [3.63, 3.8) is 0 Å². The minimum atomic E-state index is -0.263. The molecule has 4 rings (SSSR count). The van der Waals surface area contributed by atoms with Crippen LogP contribution >= 0.6 is 12.2 Å². The zero-order valence-electron chi connectivity index (χ0n) is 16.2. The fourth-order valence-electron chi connectivity index (χ4n) is 3.84. The molecule has 2 aromatic heterocycles. The first-order valence-corrected chi connectivity index (χ1v) is 10.00. The first kappa shape index (κ1) is 19.5. The number of nitrogens with zero attached hydrogens (tertiary/aromatic N) is 3. The highest BCUT2D eigenvalue weighted by Gasteiger charge is 2.40. The Labute approximate surface area is 175 Å². The van der Waals surface area contributed by atoms with Gasteiger partial charge in [-0.05, 0) is 61.1 Å². The van der Waals surface area contributed by atoms with Crippen LogP contribution in [0, 0.1) is 5.82 Å². The molecule has 29 heavy (non-hydrogen) atoms. The maximum Gasteiger partial charge on any atom is 0.170 e. The topological polar surface area (TPSA) is 42.3 Å². The van der Waals surface area contributed by atoms with Gasteiger partial charge < -0.3 is 19.5 Å². The van der Waals surface area contributed by atoms with Gasteiger partial charge in [0.15, 0.2) is 5.11 Å². The van der Waals surface area contributed by atoms with Gasteiger partial charge >= 0.3 is 0 Å². The number of rotatable bonds is 7. The zero-order chi connectivity index (χ0) is 20.2. The summed E-state index contributed by atoms with van der Waals surface area (Å²) in [5.74, 6) is -0.263.